The molecule has 0 radical (unpaired) electrons. The lowest BCUT2D eigenvalue weighted by Gasteiger charge is -1.99. The lowest BCUT2D eigenvalue weighted by atomic mass is 10.3. The zero-order valence-corrected chi connectivity index (χ0v) is 9.38. The molecule has 2 aromatic heterocycles. The Morgan fingerprint density at radius 3 is 2.94 bits per heavy atom. The van der Waals surface area contributed by atoms with Gasteiger partial charge in [-0.1, -0.05) is 0 Å². The first-order valence-corrected chi connectivity index (χ1v) is 5.19. The fourth-order valence-corrected chi connectivity index (χ4v) is 1.32. The maximum Gasteiger partial charge on any atom is 0.248 e. The van der Waals surface area contributed by atoms with Crippen molar-refractivity contribution in [1.82, 2.24) is 4.98 Å². The van der Waals surface area contributed by atoms with E-state index >= 15 is 0 Å². The van der Waals surface area contributed by atoms with E-state index in [1.54, 1.807) is 30.6 Å². The fraction of sp³-hybridized carbons (Fsp3) is 0.0769. The van der Waals surface area contributed by atoms with E-state index in [4.69, 9.17) is 4.42 Å². The first-order chi connectivity index (χ1) is 8.24. The van der Waals surface area contributed by atoms with Crippen LogP contribution in [0.15, 0.2) is 47.2 Å². The summed E-state index contributed by atoms with van der Waals surface area (Å²) in [5.74, 6) is 1.26. The van der Waals surface area contributed by atoms with Crippen LogP contribution in [0.3, 0.4) is 0 Å². The van der Waals surface area contributed by atoms with E-state index in [0.717, 1.165) is 5.76 Å². The number of hydrogen-bond acceptors (Lipinski definition) is 3. The number of anilines is 1. The van der Waals surface area contributed by atoms with Gasteiger partial charge in [-0.25, -0.2) is 0 Å². The Bertz CT molecular complexity index is 529. The number of aryl methyl sites for hydroxylation is 1. The summed E-state index contributed by atoms with van der Waals surface area (Å²) >= 11 is 0. The van der Waals surface area contributed by atoms with Crippen molar-refractivity contribution in [1.29, 1.82) is 0 Å². The second-order valence-corrected chi connectivity index (χ2v) is 3.51. The van der Waals surface area contributed by atoms with Gasteiger partial charge in [0.25, 0.3) is 0 Å². The number of furan rings is 1. The number of nitrogens with zero attached hydrogens (tertiary/aromatic N) is 1. The topological polar surface area (TPSA) is 55.1 Å². The number of carbonyl (C=O) groups is 1. The van der Waals surface area contributed by atoms with E-state index in [1.807, 2.05) is 19.1 Å². The van der Waals surface area contributed by atoms with E-state index in [9.17, 15) is 4.79 Å². The molecule has 0 atom stereocenters. The number of pyridine rings is 1. The molecule has 0 unspecified atom stereocenters. The molecule has 0 spiro atoms. The van der Waals surface area contributed by atoms with Gasteiger partial charge in [-0.05, 0) is 37.3 Å². The quantitative estimate of drug-likeness (QED) is 0.821. The molecule has 0 saturated carbocycles. The summed E-state index contributed by atoms with van der Waals surface area (Å²) in [5, 5.41) is 2.69. The summed E-state index contributed by atoms with van der Waals surface area (Å²) in [6.45, 7) is 1.85. The highest BCUT2D eigenvalue weighted by Gasteiger charge is 1.98. The van der Waals surface area contributed by atoms with Gasteiger partial charge in [0.05, 0.1) is 11.9 Å². The van der Waals surface area contributed by atoms with Crippen molar-refractivity contribution < 1.29 is 9.21 Å². The number of carbonyl (C=O) groups excluding carboxylic acids is 1. The first-order valence-electron chi connectivity index (χ1n) is 5.19. The Hall–Kier alpha value is -2.36. The maximum atomic E-state index is 11.5. The molecule has 0 saturated heterocycles. The summed E-state index contributed by atoms with van der Waals surface area (Å²) in [5.41, 5.74) is 0.665. The Morgan fingerprint density at radius 2 is 2.29 bits per heavy atom. The second kappa shape index (κ2) is 5.12. The number of rotatable bonds is 3. The van der Waals surface area contributed by atoms with E-state index < -0.39 is 0 Å². The van der Waals surface area contributed by atoms with Crippen molar-refractivity contribution in [3.05, 3.63) is 54.3 Å². The van der Waals surface area contributed by atoms with Gasteiger partial charge in [0, 0.05) is 12.3 Å². The average Bonchev–Trinajstić information content (AvgIpc) is 2.74. The molecular weight excluding hydrogens is 216 g/mol. The van der Waals surface area contributed by atoms with Crippen LogP contribution in [0.5, 0.6) is 0 Å². The van der Waals surface area contributed by atoms with E-state index in [2.05, 4.69) is 10.3 Å². The molecular formula is C13H12N2O2. The van der Waals surface area contributed by atoms with Crippen LogP contribution in [-0.4, -0.2) is 10.9 Å². The Labute approximate surface area is 99.0 Å². The molecule has 86 valence electrons. The van der Waals surface area contributed by atoms with Gasteiger partial charge in [-0.15, -0.1) is 0 Å². The van der Waals surface area contributed by atoms with Gasteiger partial charge < -0.3 is 9.73 Å². The van der Waals surface area contributed by atoms with Crippen LogP contribution in [0.2, 0.25) is 0 Å². The molecule has 0 aromatic carbocycles. The third-order valence-electron chi connectivity index (χ3n) is 2.09. The van der Waals surface area contributed by atoms with Crippen LogP contribution in [0.4, 0.5) is 5.69 Å². The Morgan fingerprint density at radius 1 is 1.41 bits per heavy atom. The lowest BCUT2D eigenvalue weighted by molar-refractivity contribution is -0.111. The van der Waals surface area contributed by atoms with Crippen molar-refractivity contribution >= 4 is 17.7 Å². The maximum absolute atomic E-state index is 11.5. The molecule has 0 aliphatic rings. The van der Waals surface area contributed by atoms with Crippen LogP contribution in [0.1, 0.15) is 11.5 Å². The normalized spacial score (nSPS) is 10.6. The highest BCUT2D eigenvalue weighted by Crippen LogP contribution is 2.08. The minimum Gasteiger partial charge on any atom is -0.462 e. The predicted octanol–water partition coefficient (Wildman–Crippen LogP) is 2.63. The molecule has 1 amide bonds. The molecule has 2 aromatic rings. The largest absolute Gasteiger partial charge is 0.462 e. The molecule has 4 heteroatoms. The molecule has 1 N–H and O–H groups in total. The summed E-state index contributed by atoms with van der Waals surface area (Å²) in [4.78, 5) is 15.4. The van der Waals surface area contributed by atoms with Crippen LogP contribution in [0, 0.1) is 6.92 Å². The Balaban J connectivity index is 1.96. The lowest BCUT2D eigenvalue weighted by Crippen LogP contribution is -2.07. The third-order valence-corrected chi connectivity index (χ3v) is 2.09. The fourth-order valence-electron chi connectivity index (χ4n) is 1.32. The van der Waals surface area contributed by atoms with Crippen LogP contribution in [-0.2, 0) is 4.79 Å². The molecule has 2 heterocycles. The van der Waals surface area contributed by atoms with Gasteiger partial charge in [0.15, 0.2) is 0 Å². The van der Waals surface area contributed by atoms with Gasteiger partial charge in [-0.2, -0.15) is 0 Å². The van der Waals surface area contributed by atoms with Gasteiger partial charge >= 0.3 is 0 Å². The van der Waals surface area contributed by atoms with Crippen molar-refractivity contribution in [2.24, 2.45) is 0 Å². The number of nitrogens with one attached hydrogen (secondary N) is 1. The monoisotopic (exact) mass is 228 g/mol. The van der Waals surface area contributed by atoms with Crippen LogP contribution < -0.4 is 5.32 Å². The van der Waals surface area contributed by atoms with Gasteiger partial charge in [0.1, 0.15) is 11.5 Å². The summed E-state index contributed by atoms with van der Waals surface area (Å²) in [7, 11) is 0. The molecule has 4 nitrogen and oxygen atoms in total. The second-order valence-electron chi connectivity index (χ2n) is 3.51. The summed E-state index contributed by atoms with van der Waals surface area (Å²) in [6, 6.07) is 7.19. The van der Waals surface area contributed by atoms with Crippen molar-refractivity contribution in [3.63, 3.8) is 0 Å². The van der Waals surface area contributed by atoms with E-state index in [0.29, 0.717) is 11.4 Å². The van der Waals surface area contributed by atoms with Gasteiger partial charge in [-0.3, -0.25) is 9.78 Å². The summed E-state index contributed by atoms with van der Waals surface area (Å²) in [6.07, 6.45) is 6.28. The molecule has 0 bridgehead atoms. The number of hydrogen-bond donors (Lipinski definition) is 1. The van der Waals surface area contributed by atoms with Crippen molar-refractivity contribution in [2.45, 2.75) is 6.92 Å². The minimum atomic E-state index is -0.216. The molecule has 0 aliphatic carbocycles. The predicted molar refractivity (Wildman–Crippen MR) is 65.3 cm³/mol. The zero-order valence-electron chi connectivity index (χ0n) is 9.38. The minimum absolute atomic E-state index is 0.216. The standard InChI is InChI=1S/C13H12N2O2/c1-10-4-5-12(17-10)6-7-13(16)15-11-3-2-8-14-9-11/h2-9H,1H3,(H,15,16). The molecule has 17 heavy (non-hydrogen) atoms. The first kappa shape index (κ1) is 11.1. The highest BCUT2D eigenvalue weighted by molar-refractivity contribution is 6.01. The van der Waals surface area contributed by atoms with E-state index in [-0.39, 0.29) is 5.91 Å². The Kier molecular flexibility index (Phi) is 3.35. The van der Waals surface area contributed by atoms with Crippen LogP contribution in [0.25, 0.3) is 6.08 Å². The molecule has 2 rings (SSSR count). The number of aromatic nitrogens is 1. The van der Waals surface area contributed by atoms with Crippen molar-refractivity contribution in [3.8, 4) is 0 Å². The molecule has 0 fully saturated rings. The average molecular weight is 228 g/mol. The molecule has 0 aliphatic heterocycles. The summed E-state index contributed by atoms with van der Waals surface area (Å²) < 4.78 is 5.30. The van der Waals surface area contributed by atoms with Crippen LogP contribution >= 0.6 is 0 Å². The SMILES string of the molecule is Cc1ccc(C=CC(=O)Nc2cccnc2)o1. The third kappa shape index (κ3) is 3.31. The zero-order chi connectivity index (χ0) is 12.1. The number of amides is 1. The smallest absolute Gasteiger partial charge is 0.248 e. The van der Waals surface area contributed by atoms with E-state index in [1.165, 1.54) is 6.08 Å². The highest BCUT2D eigenvalue weighted by atomic mass is 16.3. The van der Waals surface area contributed by atoms with Gasteiger partial charge in [0.2, 0.25) is 5.91 Å². The van der Waals surface area contributed by atoms with Crippen molar-refractivity contribution in [2.75, 3.05) is 5.32 Å².